The molecule has 2 N–H and O–H groups in total. The van der Waals surface area contributed by atoms with Crippen LogP contribution < -0.4 is 20.3 Å². The summed E-state index contributed by atoms with van der Waals surface area (Å²) in [4.78, 5) is 38.9. The summed E-state index contributed by atoms with van der Waals surface area (Å²) >= 11 is 0. The third kappa shape index (κ3) is 5.09. The summed E-state index contributed by atoms with van der Waals surface area (Å²) in [5, 5.41) is 5.56. The minimum atomic E-state index is -0.292. The third-order valence-corrected chi connectivity index (χ3v) is 5.85. The Labute approximate surface area is 198 Å². The molecule has 7 heteroatoms. The molecule has 1 heterocycles. The molecular weight excluding hydrogens is 430 g/mol. The SMILES string of the molecule is CCC(C)c1ccccc1OCC(=O)Nc1ccc(C(=O)N2CC(=O)Nc3ccccc32)cc1. The van der Waals surface area contributed by atoms with Gasteiger partial charge < -0.3 is 15.4 Å². The largest absolute Gasteiger partial charge is 0.483 e. The monoisotopic (exact) mass is 457 g/mol. The molecule has 0 radical (unpaired) electrons. The maximum absolute atomic E-state index is 13.1. The zero-order chi connectivity index (χ0) is 24.1. The van der Waals surface area contributed by atoms with E-state index in [1.807, 2.05) is 30.3 Å². The molecule has 7 nitrogen and oxygen atoms in total. The highest BCUT2D eigenvalue weighted by Gasteiger charge is 2.27. The molecule has 0 aliphatic carbocycles. The lowest BCUT2D eigenvalue weighted by molar-refractivity contribution is -0.118. The Morgan fingerprint density at radius 3 is 2.50 bits per heavy atom. The predicted molar refractivity (Wildman–Crippen MR) is 132 cm³/mol. The van der Waals surface area contributed by atoms with Gasteiger partial charge in [-0.15, -0.1) is 0 Å². The number of amides is 3. The Balaban J connectivity index is 1.39. The number of para-hydroxylation sites is 3. The van der Waals surface area contributed by atoms with Crippen LogP contribution in [0, 0.1) is 0 Å². The Kier molecular flexibility index (Phi) is 6.92. The molecule has 0 saturated carbocycles. The van der Waals surface area contributed by atoms with E-state index in [4.69, 9.17) is 4.74 Å². The number of anilines is 3. The van der Waals surface area contributed by atoms with Crippen LogP contribution in [0.15, 0.2) is 72.8 Å². The fourth-order valence-corrected chi connectivity index (χ4v) is 3.85. The van der Waals surface area contributed by atoms with Crippen LogP contribution in [0.3, 0.4) is 0 Å². The van der Waals surface area contributed by atoms with Crippen LogP contribution in [-0.4, -0.2) is 30.9 Å². The lowest BCUT2D eigenvalue weighted by Crippen LogP contribution is -2.42. The molecule has 4 rings (SSSR count). The van der Waals surface area contributed by atoms with Crippen LogP contribution in [0.5, 0.6) is 5.75 Å². The molecule has 0 aromatic heterocycles. The van der Waals surface area contributed by atoms with Gasteiger partial charge in [0.25, 0.3) is 11.8 Å². The van der Waals surface area contributed by atoms with Crippen molar-refractivity contribution >= 4 is 34.8 Å². The number of ether oxygens (including phenoxy) is 1. The van der Waals surface area contributed by atoms with E-state index in [9.17, 15) is 14.4 Å². The van der Waals surface area contributed by atoms with Gasteiger partial charge in [0.15, 0.2) is 6.61 Å². The summed E-state index contributed by atoms with van der Waals surface area (Å²) in [5.74, 6) is 0.219. The van der Waals surface area contributed by atoms with Gasteiger partial charge in [-0.2, -0.15) is 0 Å². The molecule has 1 unspecified atom stereocenters. The van der Waals surface area contributed by atoms with Gasteiger partial charge in [0, 0.05) is 11.3 Å². The van der Waals surface area contributed by atoms with Gasteiger partial charge in [-0.05, 0) is 60.4 Å². The van der Waals surface area contributed by atoms with Crippen molar-refractivity contribution in [1.29, 1.82) is 0 Å². The van der Waals surface area contributed by atoms with Crippen molar-refractivity contribution in [3.05, 3.63) is 83.9 Å². The van der Waals surface area contributed by atoms with Gasteiger partial charge in [-0.25, -0.2) is 0 Å². The van der Waals surface area contributed by atoms with Crippen molar-refractivity contribution in [1.82, 2.24) is 0 Å². The van der Waals surface area contributed by atoms with E-state index in [0.29, 0.717) is 34.3 Å². The Bertz CT molecular complexity index is 1210. The molecule has 3 aromatic rings. The molecule has 0 saturated heterocycles. The summed E-state index contributed by atoms with van der Waals surface area (Å²) < 4.78 is 5.77. The molecular formula is C27H27N3O4. The number of hydrogen-bond donors (Lipinski definition) is 2. The third-order valence-electron chi connectivity index (χ3n) is 5.85. The van der Waals surface area contributed by atoms with E-state index < -0.39 is 0 Å². The molecule has 1 atom stereocenters. The number of carbonyl (C=O) groups is 3. The van der Waals surface area contributed by atoms with E-state index >= 15 is 0 Å². The van der Waals surface area contributed by atoms with Gasteiger partial charge in [0.2, 0.25) is 5.91 Å². The Morgan fingerprint density at radius 1 is 1.03 bits per heavy atom. The fourth-order valence-electron chi connectivity index (χ4n) is 3.85. The van der Waals surface area contributed by atoms with Crippen LogP contribution in [-0.2, 0) is 9.59 Å². The number of nitrogens with one attached hydrogen (secondary N) is 2. The lowest BCUT2D eigenvalue weighted by Gasteiger charge is -2.29. The number of rotatable bonds is 7. The van der Waals surface area contributed by atoms with E-state index in [1.54, 1.807) is 42.5 Å². The zero-order valence-electron chi connectivity index (χ0n) is 19.2. The van der Waals surface area contributed by atoms with Gasteiger partial charge in [0.1, 0.15) is 12.3 Å². The molecule has 1 aliphatic heterocycles. The summed E-state index contributed by atoms with van der Waals surface area (Å²) in [6.07, 6.45) is 0.978. The molecule has 0 fully saturated rings. The standard InChI is InChI=1S/C27H27N3O4/c1-3-18(2)21-8-4-7-11-24(21)34-17-26(32)28-20-14-12-19(13-15-20)27(33)30-16-25(31)29-22-9-5-6-10-23(22)30/h4-15,18H,3,16-17H2,1-2H3,(H,28,32)(H,29,31). The average molecular weight is 458 g/mol. The summed E-state index contributed by atoms with van der Waals surface area (Å²) in [5.41, 5.74) is 3.30. The van der Waals surface area contributed by atoms with Crippen LogP contribution in [0.2, 0.25) is 0 Å². The van der Waals surface area contributed by atoms with E-state index in [0.717, 1.165) is 12.0 Å². The van der Waals surface area contributed by atoms with Crippen molar-refractivity contribution in [3.8, 4) is 5.75 Å². The number of fused-ring (bicyclic) bond motifs is 1. The number of hydrogen-bond acceptors (Lipinski definition) is 4. The van der Waals surface area contributed by atoms with Gasteiger partial charge in [-0.1, -0.05) is 44.2 Å². The van der Waals surface area contributed by atoms with Gasteiger partial charge >= 0.3 is 0 Å². The van der Waals surface area contributed by atoms with Crippen molar-refractivity contribution < 1.29 is 19.1 Å². The molecule has 0 bridgehead atoms. The predicted octanol–water partition coefficient (Wildman–Crippen LogP) is 4.82. The highest BCUT2D eigenvalue weighted by molar-refractivity contribution is 6.15. The highest BCUT2D eigenvalue weighted by atomic mass is 16.5. The smallest absolute Gasteiger partial charge is 0.262 e. The second kappa shape index (κ2) is 10.2. The first-order chi connectivity index (χ1) is 16.5. The summed E-state index contributed by atoms with van der Waals surface area (Å²) in [6.45, 7) is 4.07. The van der Waals surface area contributed by atoms with Crippen LogP contribution in [0.4, 0.5) is 17.1 Å². The van der Waals surface area contributed by atoms with Crippen molar-refractivity contribution in [2.45, 2.75) is 26.2 Å². The second-order valence-electron chi connectivity index (χ2n) is 8.22. The first kappa shape index (κ1) is 23.0. The van der Waals surface area contributed by atoms with Gasteiger partial charge in [-0.3, -0.25) is 19.3 Å². The second-order valence-corrected chi connectivity index (χ2v) is 8.22. The van der Waals surface area contributed by atoms with Crippen molar-refractivity contribution in [2.24, 2.45) is 0 Å². The van der Waals surface area contributed by atoms with Crippen LogP contribution in [0.1, 0.15) is 42.1 Å². The normalized spacial score (nSPS) is 13.5. The Morgan fingerprint density at radius 2 is 1.74 bits per heavy atom. The zero-order valence-corrected chi connectivity index (χ0v) is 19.2. The number of carbonyl (C=O) groups excluding carboxylic acids is 3. The molecule has 174 valence electrons. The number of nitrogens with zero attached hydrogens (tertiary/aromatic N) is 1. The van der Waals surface area contributed by atoms with Crippen LogP contribution in [0.25, 0.3) is 0 Å². The summed E-state index contributed by atoms with van der Waals surface area (Å²) in [7, 11) is 0. The first-order valence-corrected chi connectivity index (χ1v) is 11.3. The molecule has 3 amide bonds. The van der Waals surface area contributed by atoms with E-state index in [1.165, 1.54) is 4.90 Å². The Hall–Kier alpha value is -4.13. The first-order valence-electron chi connectivity index (χ1n) is 11.3. The van der Waals surface area contributed by atoms with Crippen LogP contribution >= 0.6 is 0 Å². The van der Waals surface area contributed by atoms with E-state index in [2.05, 4.69) is 24.5 Å². The molecule has 0 spiro atoms. The maximum Gasteiger partial charge on any atom is 0.262 e. The minimum absolute atomic E-state index is 0.0518. The minimum Gasteiger partial charge on any atom is -0.483 e. The fraction of sp³-hybridized carbons (Fsp3) is 0.222. The lowest BCUT2D eigenvalue weighted by atomic mass is 9.98. The maximum atomic E-state index is 13.1. The average Bonchev–Trinajstić information content (AvgIpc) is 2.86. The highest BCUT2D eigenvalue weighted by Crippen LogP contribution is 2.30. The quantitative estimate of drug-likeness (QED) is 0.533. The molecule has 1 aliphatic rings. The number of benzene rings is 3. The summed E-state index contributed by atoms with van der Waals surface area (Å²) in [6, 6.07) is 21.5. The molecule has 34 heavy (non-hydrogen) atoms. The van der Waals surface area contributed by atoms with Crippen molar-refractivity contribution in [2.75, 3.05) is 28.7 Å². The van der Waals surface area contributed by atoms with Crippen molar-refractivity contribution in [3.63, 3.8) is 0 Å². The van der Waals surface area contributed by atoms with E-state index in [-0.39, 0.29) is 30.9 Å². The topological polar surface area (TPSA) is 87.7 Å². The van der Waals surface area contributed by atoms with Gasteiger partial charge in [0.05, 0.1) is 11.4 Å². The molecule has 3 aromatic carbocycles.